The average molecular weight is 544 g/mol. The lowest BCUT2D eigenvalue weighted by Gasteiger charge is -2.28. The standard InChI is InChI=1S/C30H29N3O5S/c1-30(2,3)38-29(37)32-18-10-15-22(32)26(36)31-27-24(25(35)19-11-6-4-7-12-19)21-16-17-23(34)33(28(21)39-27)20-13-8-5-9-14-20/h4-9,11-14,16-17,22H,10,15,18H2,1-3H3,(H,31,36)/t22-/m1/s1. The normalized spacial score (nSPS) is 15.4. The number of anilines is 1. The summed E-state index contributed by atoms with van der Waals surface area (Å²) in [6.45, 7) is 5.74. The lowest BCUT2D eigenvalue weighted by Crippen LogP contribution is -2.45. The number of rotatable bonds is 5. The van der Waals surface area contributed by atoms with Gasteiger partial charge in [-0.3, -0.25) is 23.9 Å². The molecule has 0 saturated carbocycles. The Hall–Kier alpha value is -4.24. The van der Waals surface area contributed by atoms with Crippen LogP contribution in [0, 0.1) is 0 Å². The first-order valence-corrected chi connectivity index (χ1v) is 13.6. The molecule has 0 aliphatic carbocycles. The second-order valence-electron chi connectivity index (χ2n) is 10.4. The van der Waals surface area contributed by atoms with Crippen molar-refractivity contribution in [2.45, 2.75) is 45.3 Å². The molecule has 1 fully saturated rings. The molecule has 1 N–H and O–H groups in total. The maximum atomic E-state index is 13.8. The summed E-state index contributed by atoms with van der Waals surface area (Å²) in [5, 5.41) is 3.82. The Kier molecular flexibility index (Phi) is 7.10. The monoisotopic (exact) mass is 543 g/mol. The fraction of sp³-hybridized carbons (Fsp3) is 0.267. The van der Waals surface area contributed by atoms with E-state index in [1.54, 1.807) is 55.7 Å². The second kappa shape index (κ2) is 10.5. The third-order valence-corrected chi connectivity index (χ3v) is 7.55. The molecule has 1 saturated heterocycles. The van der Waals surface area contributed by atoms with Crippen LogP contribution in [-0.2, 0) is 9.53 Å². The van der Waals surface area contributed by atoms with Crippen molar-refractivity contribution >= 4 is 44.3 Å². The topological polar surface area (TPSA) is 97.7 Å². The lowest BCUT2D eigenvalue weighted by atomic mass is 10.0. The fourth-order valence-corrected chi connectivity index (χ4v) is 5.94. The van der Waals surface area contributed by atoms with Gasteiger partial charge in [0, 0.05) is 23.6 Å². The van der Waals surface area contributed by atoms with Gasteiger partial charge in [0.1, 0.15) is 21.5 Å². The minimum Gasteiger partial charge on any atom is -0.444 e. The molecule has 0 unspecified atom stereocenters. The number of pyridine rings is 1. The molecule has 5 rings (SSSR count). The van der Waals surface area contributed by atoms with Crippen LogP contribution < -0.4 is 10.9 Å². The number of nitrogens with zero attached hydrogens (tertiary/aromatic N) is 2. The van der Waals surface area contributed by atoms with Crippen molar-refractivity contribution in [2.75, 3.05) is 11.9 Å². The Bertz CT molecular complexity index is 1600. The van der Waals surface area contributed by atoms with Crippen molar-refractivity contribution in [3.63, 3.8) is 0 Å². The first kappa shape index (κ1) is 26.4. The van der Waals surface area contributed by atoms with Crippen LogP contribution in [0.25, 0.3) is 15.9 Å². The van der Waals surface area contributed by atoms with E-state index in [1.165, 1.54) is 11.0 Å². The maximum Gasteiger partial charge on any atom is 0.410 e. The molecule has 39 heavy (non-hydrogen) atoms. The lowest BCUT2D eigenvalue weighted by molar-refractivity contribution is -0.120. The Morgan fingerprint density at radius 1 is 0.949 bits per heavy atom. The summed E-state index contributed by atoms with van der Waals surface area (Å²) in [7, 11) is 0. The highest BCUT2D eigenvalue weighted by atomic mass is 32.1. The van der Waals surface area contributed by atoms with Crippen LogP contribution in [0.15, 0.2) is 77.6 Å². The molecule has 0 bridgehead atoms. The fourth-order valence-electron chi connectivity index (χ4n) is 4.72. The van der Waals surface area contributed by atoms with Gasteiger partial charge in [-0.25, -0.2) is 4.79 Å². The first-order chi connectivity index (χ1) is 18.6. The van der Waals surface area contributed by atoms with Crippen molar-refractivity contribution < 1.29 is 19.1 Å². The molecule has 0 radical (unpaired) electrons. The average Bonchev–Trinajstić information content (AvgIpc) is 3.53. The highest BCUT2D eigenvalue weighted by Gasteiger charge is 2.37. The highest BCUT2D eigenvalue weighted by molar-refractivity contribution is 7.23. The van der Waals surface area contributed by atoms with E-state index in [1.807, 2.05) is 36.4 Å². The van der Waals surface area contributed by atoms with Crippen LogP contribution in [0.1, 0.15) is 49.5 Å². The Morgan fingerprint density at radius 3 is 2.28 bits per heavy atom. The Labute approximate surface area is 229 Å². The van der Waals surface area contributed by atoms with E-state index in [4.69, 9.17) is 4.74 Å². The number of para-hydroxylation sites is 1. The molecule has 2 aromatic carbocycles. The van der Waals surface area contributed by atoms with E-state index < -0.39 is 23.6 Å². The zero-order valence-electron chi connectivity index (χ0n) is 22.0. The van der Waals surface area contributed by atoms with Crippen molar-refractivity contribution in [1.82, 2.24) is 9.47 Å². The molecular weight excluding hydrogens is 514 g/mol. The number of likely N-dealkylation sites (tertiary alicyclic amines) is 1. The molecule has 8 nitrogen and oxygen atoms in total. The molecular formula is C30H29N3O5S. The number of benzene rings is 2. The number of fused-ring (bicyclic) bond motifs is 1. The number of amides is 2. The predicted molar refractivity (Wildman–Crippen MR) is 152 cm³/mol. The van der Waals surface area contributed by atoms with Crippen LogP contribution in [0.4, 0.5) is 9.80 Å². The summed E-state index contributed by atoms with van der Waals surface area (Å²) in [5.41, 5.74) is 0.474. The molecule has 1 aliphatic heterocycles. The second-order valence-corrected chi connectivity index (χ2v) is 11.4. The van der Waals surface area contributed by atoms with E-state index in [0.29, 0.717) is 51.4 Å². The zero-order valence-corrected chi connectivity index (χ0v) is 22.8. The van der Waals surface area contributed by atoms with E-state index >= 15 is 0 Å². The SMILES string of the molecule is CC(C)(C)OC(=O)N1CCC[C@@H]1C(=O)Nc1sc2c(ccc(=O)n2-c2ccccc2)c1C(=O)c1ccccc1. The maximum absolute atomic E-state index is 13.8. The van der Waals surface area contributed by atoms with Gasteiger partial charge < -0.3 is 10.1 Å². The van der Waals surface area contributed by atoms with Gasteiger partial charge in [0.15, 0.2) is 5.78 Å². The number of ketones is 1. The molecule has 2 aromatic heterocycles. The van der Waals surface area contributed by atoms with Crippen LogP contribution in [0.2, 0.25) is 0 Å². The smallest absolute Gasteiger partial charge is 0.410 e. The molecule has 1 atom stereocenters. The minimum absolute atomic E-state index is 0.251. The van der Waals surface area contributed by atoms with Crippen LogP contribution in [-0.4, -0.2) is 45.4 Å². The van der Waals surface area contributed by atoms with Gasteiger partial charge in [0.25, 0.3) is 5.56 Å². The van der Waals surface area contributed by atoms with E-state index in [0.717, 1.165) is 11.3 Å². The quantitative estimate of drug-likeness (QED) is 0.330. The molecule has 3 heterocycles. The number of hydrogen-bond acceptors (Lipinski definition) is 6. The number of carbonyl (C=O) groups is 3. The molecule has 0 spiro atoms. The van der Waals surface area contributed by atoms with Crippen LogP contribution in [0.5, 0.6) is 0 Å². The van der Waals surface area contributed by atoms with Crippen molar-refractivity contribution in [3.05, 3.63) is 94.3 Å². The van der Waals surface area contributed by atoms with E-state index in [-0.39, 0.29) is 11.3 Å². The van der Waals surface area contributed by atoms with Crippen molar-refractivity contribution in [1.29, 1.82) is 0 Å². The molecule has 200 valence electrons. The number of ether oxygens (including phenoxy) is 1. The first-order valence-electron chi connectivity index (χ1n) is 12.8. The third-order valence-electron chi connectivity index (χ3n) is 6.44. The predicted octanol–water partition coefficient (Wildman–Crippen LogP) is 5.62. The minimum atomic E-state index is -0.735. The van der Waals surface area contributed by atoms with Crippen molar-refractivity contribution in [2.24, 2.45) is 0 Å². The zero-order chi connectivity index (χ0) is 27.7. The van der Waals surface area contributed by atoms with E-state index in [9.17, 15) is 19.2 Å². The summed E-state index contributed by atoms with van der Waals surface area (Å²) in [4.78, 5) is 55.1. The number of hydrogen-bond donors (Lipinski definition) is 1. The van der Waals surface area contributed by atoms with Gasteiger partial charge in [-0.15, -0.1) is 0 Å². The Balaban J connectivity index is 1.59. The number of nitrogens with one attached hydrogen (secondary N) is 1. The summed E-state index contributed by atoms with van der Waals surface area (Å²) in [5.74, 6) is -0.675. The summed E-state index contributed by atoms with van der Waals surface area (Å²) >= 11 is 1.16. The van der Waals surface area contributed by atoms with Crippen LogP contribution >= 0.6 is 11.3 Å². The highest BCUT2D eigenvalue weighted by Crippen LogP contribution is 2.38. The summed E-state index contributed by atoms with van der Waals surface area (Å²) < 4.78 is 7.06. The van der Waals surface area contributed by atoms with Gasteiger partial charge in [-0.05, 0) is 51.8 Å². The number of thiophene rings is 1. The van der Waals surface area contributed by atoms with Gasteiger partial charge in [-0.1, -0.05) is 59.9 Å². The molecule has 2 amide bonds. The summed E-state index contributed by atoms with van der Waals surface area (Å²) in [6.07, 6.45) is 0.592. The number of carbonyl (C=O) groups excluding carboxylic acids is 3. The largest absolute Gasteiger partial charge is 0.444 e. The summed E-state index contributed by atoms with van der Waals surface area (Å²) in [6, 6.07) is 20.3. The molecule has 1 aliphatic rings. The van der Waals surface area contributed by atoms with Gasteiger partial charge in [0.2, 0.25) is 5.91 Å². The van der Waals surface area contributed by atoms with Crippen LogP contribution in [0.3, 0.4) is 0 Å². The third kappa shape index (κ3) is 5.35. The van der Waals surface area contributed by atoms with Gasteiger partial charge >= 0.3 is 6.09 Å². The van der Waals surface area contributed by atoms with Crippen molar-refractivity contribution in [3.8, 4) is 5.69 Å². The van der Waals surface area contributed by atoms with Gasteiger partial charge in [0.05, 0.1) is 11.3 Å². The molecule has 9 heteroatoms. The Morgan fingerprint density at radius 2 is 1.62 bits per heavy atom. The van der Waals surface area contributed by atoms with Gasteiger partial charge in [-0.2, -0.15) is 0 Å². The van der Waals surface area contributed by atoms with E-state index in [2.05, 4.69) is 5.32 Å². The number of aromatic nitrogens is 1. The molecule has 4 aromatic rings.